The molecule has 10 heteroatoms. The van der Waals surface area contributed by atoms with Gasteiger partial charge in [-0.2, -0.15) is 0 Å². The highest BCUT2D eigenvalue weighted by Gasteiger charge is 2.02. The van der Waals surface area contributed by atoms with Crippen LogP contribution < -0.4 is 33.8 Å². The molecule has 4 amide bonds. The molecule has 10 N–H and O–H groups in total. The summed E-state index contributed by atoms with van der Waals surface area (Å²) in [6, 6.07) is -1.19. The van der Waals surface area contributed by atoms with Gasteiger partial charge in [0, 0.05) is 13.1 Å². The Balaban J connectivity index is 3.15. The van der Waals surface area contributed by atoms with Gasteiger partial charge < -0.3 is 22.1 Å². The molecule has 0 unspecified atom stereocenters. The van der Waals surface area contributed by atoms with Crippen LogP contribution in [0.2, 0.25) is 0 Å². The Labute approximate surface area is 144 Å². The average Bonchev–Trinajstić information content (AvgIpc) is 2.54. The second-order valence-electron chi connectivity index (χ2n) is 5.68. The standard InChI is InChI=1S/C14H34N8O2/c15-13(23)21(17)11-5-3-9-19-7-1-2-8-20-10-4-6-12-22(18)14(16)24/h19-20H,1-12,17-18H2,(H2,15,23)(H2,16,24). The number of hydrazine groups is 2. The first-order chi connectivity index (χ1) is 11.4. The Hall–Kier alpha value is -1.62. The van der Waals surface area contributed by atoms with Crippen LogP contribution in [0.25, 0.3) is 0 Å². The van der Waals surface area contributed by atoms with E-state index < -0.39 is 12.1 Å². The van der Waals surface area contributed by atoms with E-state index >= 15 is 0 Å². The average molecular weight is 346 g/mol. The molecule has 0 saturated heterocycles. The molecule has 0 fully saturated rings. The zero-order valence-electron chi connectivity index (χ0n) is 14.5. The maximum absolute atomic E-state index is 10.7. The van der Waals surface area contributed by atoms with E-state index in [1.165, 1.54) is 0 Å². The molecule has 0 saturated carbocycles. The lowest BCUT2D eigenvalue weighted by Crippen LogP contribution is -2.42. The fraction of sp³-hybridized carbons (Fsp3) is 0.857. The van der Waals surface area contributed by atoms with Crippen LogP contribution in [-0.2, 0) is 0 Å². The summed E-state index contributed by atoms with van der Waals surface area (Å²) in [5.41, 5.74) is 10.0. The van der Waals surface area contributed by atoms with E-state index in [9.17, 15) is 9.59 Å². The van der Waals surface area contributed by atoms with Crippen molar-refractivity contribution in [3.8, 4) is 0 Å². The summed E-state index contributed by atoms with van der Waals surface area (Å²) in [4.78, 5) is 21.4. The van der Waals surface area contributed by atoms with Gasteiger partial charge in [-0.1, -0.05) is 0 Å². The molecule has 0 bridgehead atoms. The van der Waals surface area contributed by atoms with Gasteiger partial charge in [-0.05, 0) is 64.7 Å². The van der Waals surface area contributed by atoms with Crippen LogP contribution in [-0.4, -0.2) is 61.3 Å². The van der Waals surface area contributed by atoms with E-state index in [0.29, 0.717) is 13.1 Å². The maximum Gasteiger partial charge on any atom is 0.328 e. The number of amides is 4. The van der Waals surface area contributed by atoms with E-state index in [1.807, 2.05) is 0 Å². The first-order valence-electron chi connectivity index (χ1n) is 8.50. The predicted octanol–water partition coefficient (Wildman–Crippen LogP) is -0.985. The SMILES string of the molecule is NC(=O)N(N)CCCCNCCCCNCCCCN(N)C(N)=O. The molecule has 0 radical (unpaired) electrons. The summed E-state index contributed by atoms with van der Waals surface area (Å²) in [6.07, 6.45) is 5.81. The molecule has 0 aromatic heterocycles. The van der Waals surface area contributed by atoms with Crippen LogP contribution in [0.1, 0.15) is 38.5 Å². The molecule has 0 aromatic rings. The van der Waals surface area contributed by atoms with Crippen LogP contribution in [0, 0.1) is 0 Å². The number of unbranched alkanes of at least 4 members (excludes halogenated alkanes) is 3. The van der Waals surface area contributed by atoms with Crippen molar-refractivity contribution in [3.63, 3.8) is 0 Å². The van der Waals surface area contributed by atoms with E-state index in [-0.39, 0.29) is 0 Å². The number of nitrogens with zero attached hydrogens (tertiary/aromatic N) is 2. The zero-order chi connectivity index (χ0) is 18.2. The van der Waals surface area contributed by atoms with Crippen LogP contribution >= 0.6 is 0 Å². The van der Waals surface area contributed by atoms with Gasteiger partial charge in [-0.15, -0.1) is 0 Å². The Morgan fingerprint density at radius 2 is 0.917 bits per heavy atom. The number of carbonyl (C=O) groups excluding carboxylic acids is 2. The lowest BCUT2D eigenvalue weighted by atomic mass is 10.2. The van der Waals surface area contributed by atoms with Gasteiger partial charge in [-0.3, -0.25) is 10.0 Å². The zero-order valence-corrected chi connectivity index (χ0v) is 14.5. The minimum absolute atomic E-state index is 0.488. The van der Waals surface area contributed by atoms with E-state index in [4.69, 9.17) is 23.2 Å². The first-order valence-corrected chi connectivity index (χ1v) is 8.50. The highest BCUT2D eigenvalue weighted by atomic mass is 16.2. The lowest BCUT2D eigenvalue weighted by Gasteiger charge is -2.13. The molecule has 24 heavy (non-hydrogen) atoms. The number of urea groups is 2. The van der Waals surface area contributed by atoms with Crippen LogP contribution in [0.15, 0.2) is 0 Å². The number of primary amides is 2. The van der Waals surface area contributed by atoms with Gasteiger partial charge in [0.25, 0.3) is 0 Å². The van der Waals surface area contributed by atoms with Crippen molar-refractivity contribution in [1.82, 2.24) is 20.7 Å². The lowest BCUT2D eigenvalue weighted by molar-refractivity contribution is 0.207. The van der Waals surface area contributed by atoms with Gasteiger partial charge in [0.2, 0.25) is 0 Å². The highest BCUT2D eigenvalue weighted by molar-refractivity contribution is 5.71. The smallest absolute Gasteiger partial charge is 0.328 e. The van der Waals surface area contributed by atoms with Gasteiger partial charge in [-0.25, -0.2) is 21.3 Å². The fourth-order valence-electron chi connectivity index (χ4n) is 2.03. The van der Waals surface area contributed by atoms with Gasteiger partial charge in [0.15, 0.2) is 0 Å². The molecule has 142 valence electrons. The van der Waals surface area contributed by atoms with Crippen molar-refractivity contribution in [2.75, 3.05) is 39.3 Å². The van der Waals surface area contributed by atoms with Gasteiger partial charge in [0.1, 0.15) is 0 Å². The minimum Gasteiger partial charge on any atom is -0.350 e. The summed E-state index contributed by atoms with van der Waals surface area (Å²) in [5, 5.41) is 8.78. The summed E-state index contributed by atoms with van der Waals surface area (Å²) in [6.45, 7) is 4.75. The highest BCUT2D eigenvalue weighted by Crippen LogP contribution is 1.92. The Morgan fingerprint density at radius 1 is 0.625 bits per heavy atom. The molecule has 0 rings (SSSR count). The second kappa shape index (κ2) is 14.9. The van der Waals surface area contributed by atoms with Crippen molar-refractivity contribution in [2.45, 2.75) is 38.5 Å². The van der Waals surface area contributed by atoms with Crippen LogP contribution in [0.5, 0.6) is 0 Å². The molecule has 0 atom stereocenters. The molecular formula is C14H34N8O2. The third-order valence-electron chi connectivity index (χ3n) is 3.53. The normalized spacial score (nSPS) is 10.6. The molecule has 0 aliphatic carbocycles. The third kappa shape index (κ3) is 14.0. The summed E-state index contributed by atoms with van der Waals surface area (Å²) >= 11 is 0. The fourth-order valence-corrected chi connectivity index (χ4v) is 2.03. The van der Waals surface area contributed by atoms with Crippen molar-refractivity contribution in [1.29, 1.82) is 0 Å². The number of carbonyl (C=O) groups is 2. The number of nitrogens with one attached hydrogen (secondary N) is 2. The monoisotopic (exact) mass is 346 g/mol. The van der Waals surface area contributed by atoms with Crippen molar-refractivity contribution in [3.05, 3.63) is 0 Å². The van der Waals surface area contributed by atoms with Crippen molar-refractivity contribution >= 4 is 12.1 Å². The minimum atomic E-state index is -0.594. The van der Waals surface area contributed by atoms with E-state index in [2.05, 4.69) is 10.6 Å². The molecule has 0 aromatic carbocycles. The Bertz CT molecular complexity index is 311. The number of rotatable bonds is 15. The number of nitrogens with two attached hydrogens (primary N) is 4. The van der Waals surface area contributed by atoms with Crippen LogP contribution in [0.4, 0.5) is 9.59 Å². The molecule has 0 aliphatic heterocycles. The maximum atomic E-state index is 10.7. The largest absolute Gasteiger partial charge is 0.350 e. The van der Waals surface area contributed by atoms with Gasteiger partial charge in [0.05, 0.1) is 0 Å². The summed E-state index contributed by atoms with van der Waals surface area (Å²) in [7, 11) is 0. The van der Waals surface area contributed by atoms with Gasteiger partial charge >= 0.3 is 12.1 Å². The Kier molecular flexibility index (Phi) is 13.9. The Morgan fingerprint density at radius 3 is 1.21 bits per heavy atom. The number of hydrogen-bond acceptors (Lipinski definition) is 6. The third-order valence-corrected chi connectivity index (χ3v) is 3.53. The molecule has 0 aliphatic rings. The van der Waals surface area contributed by atoms with Crippen molar-refractivity contribution < 1.29 is 9.59 Å². The molecule has 10 nitrogen and oxygen atoms in total. The quantitative estimate of drug-likeness (QED) is 0.0963. The van der Waals surface area contributed by atoms with E-state index in [0.717, 1.165) is 74.7 Å². The molecule has 0 spiro atoms. The predicted molar refractivity (Wildman–Crippen MR) is 94.4 cm³/mol. The first kappa shape index (κ1) is 22.4. The van der Waals surface area contributed by atoms with Crippen LogP contribution in [0.3, 0.4) is 0 Å². The molecule has 0 heterocycles. The summed E-state index contributed by atoms with van der Waals surface area (Å²) in [5.74, 6) is 10.8. The molecular weight excluding hydrogens is 312 g/mol. The van der Waals surface area contributed by atoms with E-state index in [1.54, 1.807) is 0 Å². The van der Waals surface area contributed by atoms with Crippen molar-refractivity contribution in [2.24, 2.45) is 23.2 Å². The summed E-state index contributed by atoms with van der Waals surface area (Å²) < 4.78 is 0. The second-order valence-corrected chi connectivity index (χ2v) is 5.68. The number of hydrogen-bond donors (Lipinski definition) is 6. The topological polar surface area (TPSA) is 169 Å².